The van der Waals surface area contributed by atoms with E-state index in [2.05, 4.69) is 22.5 Å². The smallest absolute Gasteiger partial charge is 0.370 e. The molecule has 1 fully saturated rings. The summed E-state index contributed by atoms with van der Waals surface area (Å²) in [5, 5.41) is 6.24. The molecule has 35 heavy (non-hydrogen) atoms. The number of nitrogens with one attached hydrogen (secondary N) is 2. The molecule has 2 aromatic rings. The second-order valence-corrected chi connectivity index (χ2v) is 9.58. The van der Waals surface area contributed by atoms with Crippen molar-refractivity contribution in [3.63, 3.8) is 0 Å². The Bertz CT molecular complexity index is 1140. The van der Waals surface area contributed by atoms with Crippen LogP contribution >= 0.6 is 11.6 Å². The minimum absolute atomic E-state index is 0.00756. The van der Waals surface area contributed by atoms with Gasteiger partial charge >= 0.3 is 6.18 Å². The highest BCUT2D eigenvalue weighted by atomic mass is 35.5. The van der Waals surface area contributed by atoms with Crippen LogP contribution in [0.1, 0.15) is 47.7 Å². The van der Waals surface area contributed by atoms with E-state index < -0.39 is 17.6 Å². The van der Waals surface area contributed by atoms with Crippen LogP contribution in [0.15, 0.2) is 53.5 Å². The zero-order valence-electron chi connectivity index (χ0n) is 19.1. The van der Waals surface area contributed by atoms with Gasteiger partial charge < -0.3 is 10.6 Å². The summed E-state index contributed by atoms with van der Waals surface area (Å²) in [6.45, 7) is 3.38. The highest BCUT2D eigenvalue weighted by Gasteiger charge is 2.33. The van der Waals surface area contributed by atoms with Gasteiger partial charge in [-0.15, -0.1) is 0 Å². The van der Waals surface area contributed by atoms with Gasteiger partial charge in [0, 0.05) is 12.6 Å². The second-order valence-electron chi connectivity index (χ2n) is 9.17. The molecule has 2 aromatic carbocycles. The van der Waals surface area contributed by atoms with Gasteiger partial charge in [-0.2, -0.15) is 13.2 Å². The molecule has 1 amide bonds. The fraction of sp³-hybridized carbons (Fsp3) is 0.385. The predicted octanol–water partition coefficient (Wildman–Crippen LogP) is 6.12. The Morgan fingerprint density at radius 2 is 1.89 bits per heavy atom. The maximum atomic E-state index is 13.1. The molecular weight excluding hydrogens is 482 g/mol. The molecule has 1 saturated carbocycles. The van der Waals surface area contributed by atoms with Gasteiger partial charge in [-0.05, 0) is 78.6 Å². The first-order valence-electron chi connectivity index (χ1n) is 11.5. The summed E-state index contributed by atoms with van der Waals surface area (Å²) >= 11 is 6.00. The molecule has 2 N–H and O–H groups in total. The standard InChI is InChI=1S/C26H26ClF4N3O/c1-15-10-21(34-25(35)22-12-19(26(29,30)31)5-9-23(22)27)8-4-17(15)13-32-24-11-18(14-33-24)16-2-6-20(28)7-3-16/h2-3,5-7,9,11-12,15,17,21H,4,8,10,13-14H2,1H3,(H,32,33)(H,34,35)/t15-,17-,21?/m1/s1. The third-order valence-electron chi connectivity index (χ3n) is 6.71. The molecule has 1 heterocycles. The number of alkyl halides is 3. The van der Waals surface area contributed by atoms with Crippen LogP contribution in [0.2, 0.25) is 5.02 Å². The molecule has 0 saturated heterocycles. The van der Waals surface area contributed by atoms with Crippen LogP contribution < -0.4 is 10.6 Å². The van der Waals surface area contributed by atoms with Crippen LogP contribution in [0.4, 0.5) is 17.6 Å². The van der Waals surface area contributed by atoms with Crippen molar-refractivity contribution >= 4 is 28.9 Å². The number of aliphatic imine (C=N–C) groups is 1. The van der Waals surface area contributed by atoms with Crippen molar-refractivity contribution in [1.29, 1.82) is 0 Å². The maximum absolute atomic E-state index is 13.1. The van der Waals surface area contributed by atoms with Gasteiger partial charge in [-0.1, -0.05) is 30.7 Å². The minimum atomic E-state index is -4.54. The summed E-state index contributed by atoms with van der Waals surface area (Å²) in [6.07, 6.45) is -0.266. The molecule has 0 bridgehead atoms. The van der Waals surface area contributed by atoms with E-state index in [1.165, 1.54) is 12.1 Å². The summed E-state index contributed by atoms with van der Waals surface area (Å²) in [4.78, 5) is 17.2. The highest BCUT2D eigenvalue weighted by molar-refractivity contribution is 6.33. The van der Waals surface area contributed by atoms with Crippen molar-refractivity contribution < 1.29 is 22.4 Å². The lowest BCUT2D eigenvalue weighted by molar-refractivity contribution is -0.137. The molecule has 2 aliphatic rings. The van der Waals surface area contributed by atoms with Crippen LogP contribution in [0.5, 0.6) is 0 Å². The Labute approximate surface area is 206 Å². The lowest BCUT2D eigenvalue weighted by Crippen LogP contribution is -2.42. The molecule has 1 aliphatic carbocycles. The monoisotopic (exact) mass is 507 g/mol. The van der Waals surface area contributed by atoms with Crippen LogP contribution in [-0.4, -0.2) is 30.9 Å². The molecule has 0 aromatic heterocycles. The molecule has 0 spiro atoms. The molecule has 1 unspecified atom stereocenters. The third kappa shape index (κ3) is 6.23. The van der Waals surface area contributed by atoms with E-state index in [4.69, 9.17) is 11.6 Å². The van der Waals surface area contributed by atoms with Crippen molar-refractivity contribution in [2.24, 2.45) is 16.8 Å². The van der Waals surface area contributed by atoms with Gasteiger partial charge in [0.1, 0.15) is 11.7 Å². The van der Waals surface area contributed by atoms with E-state index in [9.17, 15) is 22.4 Å². The topological polar surface area (TPSA) is 53.5 Å². The van der Waals surface area contributed by atoms with Crippen molar-refractivity contribution in [3.05, 3.63) is 76.1 Å². The third-order valence-corrected chi connectivity index (χ3v) is 7.04. The summed E-state index contributed by atoms with van der Waals surface area (Å²) < 4.78 is 52.2. The first-order valence-corrected chi connectivity index (χ1v) is 11.9. The number of halogens is 5. The lowest BCUT2D eigenvalue weighted by Gasteiger charge is -2.35. The Hall–Kier alpha value is -2.87. The molecule has 186 valence electrons. The maximum Gasteiger partial charge on any atom is 0.416 e. The summed E-state index contributed by atoms with van der Waals surface area (Å²) in [7, 11) is 0. The van der Waals surface area contributed by atoms with E-state index in [-0.39, 0.29) is 22.4 Å². The van der Waals surface area contributed by atoms with Gasteiger partial charge in [-0.3, -0.25) is 9.79 Å². The highest BCUT2D eigenvalue weighted by Crippen LogP contribution is 2.33. The fourth-order valence-electron chi connectivity index (χ4n) is 4.64. The van der Waals surface area contributed by atoms with Crippen LogP contribution in [-0.2, 0) is 6.18 Å². The van der Waals surface area contributed by atoms with Crippen LogP contribution in [0.3, 0.4) is 0 Å². The number of benzene rings is 2. The number of amidine groups is 1. The molecule has 4 rings (SSSR count). The molecule has 3 atom stereocenters. The number of amides is 1. The normalized spacial score (nSPS) is 22.4. The van der Waals surface area contributed by atoms with Crippen molar-refractivity contribution in [2.75, 3.05) is 13.1 Å². The number of carbonyl (C=O) groups excluding carboxylic acids is 1. The molecule has 0 radical (unpaired) electrons. The molecular formula is C26H26ClF4N3O. The van der Waals surface area contributed by atoms with Crippen LogP contribution in [0, 0.1) is 17.7 Å². The number of carbonyl (C=O) groups is 1. The van der Waals surface area contributed by atoms with Crippen molar-refractivity contribution in [3.8, 4) is 0 Å². The Morgan fingerprint density at radius 1 is 1.14 bits per heavy atom. The average molecular weight is 508 g/mol. The fourth-order valence-corrected chi connectivity index (χ4v) is 4.84. The van der Waals surface area contributed by atoms with Crippen molar-refractivity contribution in [2.45, 2.75) is 38.4 Å². The first kappa shape index (κ1) is 25.2. The van der Waals surface area contributed by atoms with E-state index in [1.54, 1.807) is 12.1 Å². The van der Waals surface area contributed by atoms with Gasteiger partial charge in [0.05, 0.1) is 22.7 Å². The summed E-state index contributed by atoms with van der Waals surface area (Å²) in [5.41, 5.74) is 0.903. The average Bonchev–Trinajstić information content (AvgIpc) is 3.27. The SMILES string of the molecule is C[C@@H]1CC(NC(=O)c2cc(C(F)(F)F)ccc2Cl)CC[C@@H]1CNC1=NCC(c2ccc(F)cc2)=C1. The van der Waals surface area contributed by atoms with E-state index in [0.717, 1.165) is 61.0 Å². The van der Waals surface area contributed by atoms with Crippen molar-refractivity contribution in [1.82, 2.24) is 10.6 Å². The minimum Gasteiger partial charge on any atom is -0.370 e. The number of nitrogens with zero attached hydrogens (tertiary/aromatic N) is 1. The van der Waals surface area contributed by atoms with E-state index >= 15 is 0 Å². The quantitative estimate of drug-likeness (QED) is 0.479. The number of hydrogen-bond donors (Lipinski definition) is 2. The number of hydrogen-bond acceptors (Lipinski definition) is 3. The Balaban J connectivity index is 1.28. The molecule has 1 aliphatic heterocycles. The zero-order chi connectivity index (χ0) is 25.2. The van der Waals surface area contributed by atoms with Crippen LogP contribution in [0.25, 0.3) is 5.57 Å². The van der Waals surface area contributed by atoms with E-state index in [1.807, 2.05) is 6.08 Å². The predicted molar refractivity (Wildman–Crippen MR) is 129 cm³/mol. The summed E-state index contributed by atoms with van der Waals surface area (Å²) in [5.74, 6) is 0.595. The molecule has 9 heteroatoms. The largest absolute Gasteiger partial charge is 0.416 e. The second kappa shape index (κ2) is 10.4. The zero-order valence-corrected chi connectivity index (χ0v) is 19.9. The Morgan fingerprint density at radius 3 is 2.57 bits per heavy atom. The Kier molecular flexibility index (Phi) is 7.50. The molecule has 4 nitrogen and oxygen atoms in total. The van der Waals surface area contributed by atoms with Gasteiger partial charge in [-0.25, -0.2) is 4.39 Å². The van der Waals surface area contributed by atoms with Gasteiger partial charge in [0.15, 0.2) is 0 Å². The van der Waals surface area contributed by atoms with E-state index in [0.29, 0.717) is 18.4 Å². The first-order chi connectivity index (χ1) is 16.6. The number of rotatable bonds is 5. The van der Waals surface area contributed by atoms with Gasteiger partial charge in [0.2, 0.25) is 0 Å². The lowest BCUT2D eigenvalue weighted by atomic mass is 9.78. The summed E-state index contributed by atoms with van der Waals surface area (Å²) in [6, 6.07) is 8.98. The van der Waals surface area contributed by atoms with Gasteiger partial charge in [0.25, 0.3) is 5.91 Å².